The minimum atomic E-state index is 0.474. The third kappa shape index (κ3) is 2.61. The molecule has 0 spiro atoms. The Balaban J connectivity index is 2.07. The van der Waals surface area contributed by atoms with Crippen molar-refractivity contribution in [2.24, 2.45) is 5.92 Å². The third-order valence-electron chi connectivity index (χ3n) is 3.49. The normalized spacial score (nSPS) is 18.4. The van der Waals surface area contributed by atoms with Crippen molar-refractivity contribution in [3.63, 3.8) is 0 Å². The van der Waals surface area contributed by atoms with E-state index in [1.165, 1.54) is 36.1 Å². The molecular weight excluding hydrogens is 238 g/mol. The highest BCUT2D eigenvalue weighted by Crippen LogP contribution is 2.39. The van der Waals surface area contributed by atoms with E-state index in [9.17, 15) is 0 Å². The summed E-state index contributed by atoms with van der Waals surface area (Å²) in [7, 11) is 0. The number of aryl methyl sites for hydroxylation is 1. The largest absolute Gasteiger partial charge is 0.309 e. The van der Waals surface area contributed by atoms with Gasteiger partial charge in [0, 0.05) is 10.9 Å². The average Bonchev–Trinajstić information content (AvgIpc) is 2.52. The number of rotatable bonds is 5. The van der Waals surface area contributed by atoms with E-state index in [0.717, 1.165) is 17.5 Å². The summed E-state index contributed by atoms with van der Waals surface area (Å²) in [5, 5.41) is 6.73. The Labute approximate surface area is 107 Å². The van der Waals surface area contributed by atoms with E-state index in [4.69, 9.17) is 11.6 Å². The quantitative estimate of drug-likeness (QED) is 0.816. The van der Waals surface area contributed by atoms with Gasteiger partial charge in [0.05, 0.1) is 5.02 Å². The van der Waals surface area contributed by atoms with E-state index in [-0.39, 0.29) is 0 Å². The second-order valence-corrected chi connectivity index (χ2v) is 6.03. The van der Waals surface area contributed by atoms with E-state index in [0.29, 0.717) is 6.04 Å². The summed E-state index contributed by atoms with van der Waals surface area (Å²) in [6.45, 7) is 5.28. The van der Waals surface area contributed by atoms with Gasteiger partial charge in [-0.1, -0.05) is 37.8 Å². The molecule has 0 radical (unpaired) electrons. The third-order valence-corrected chi connectivity index (χ3v) is 5.31. The lowest BCUT2D eigenvalue weighted by Gasteiger charge is -2.29. The maximum atomic E-state index is 6.35. The van der Waals surface area contributed by atoms with Gasteiger partial charge in [-0.05, 0) is 36.8 Å². The maximum Gasteiger partial charge on any atom is 0.0590 e. The molecule has 16 heavy (non-hydrogen) atoms. The van der Waals surface area contributed by atoms with Crippen molar-refractivity contribution in [1.29, 1.82) is 0 Å². The topological polar surface area (TPSA) is 12.0 Å². The zero-order valence-corrected chi connectivity index (χ0v) is 11.6. The molecule has 1 aliphatic carbocycles. The molecule has 1 nitrogen and oxygen atoms in total. The average molecular weight is 258 g/mol. The molecule has 1 saturated carbocycles. The summed E-state index contributed by atoms with van der Waals surface area (Å²) < 4.78 is 0. The van der Waals surface area contributed by atoms with Crippen molar-refractivity contribution in [3.05, 3.63) is 20.8 Å². The molecule has 90 valence electrons. The fourth-order valence-corrected chi connectivity index (χ4v) is 3.69. The predicted molar refractivity (Wildman–Crippen MR) is 72.4 cm³/mol. The summed E-state index contributed by atoms with van der Waals surface area (Å²) in [5.74, 6) is 0.919. The molecule has 1 N–H and O–H groups in total. The van der Waals surface area contributed by atoms with E-state index in [2.05, 4.69) is 24.5 Å². The van der Waals surface area contributed by atoms with E-state index >= 15 is 0 Å². The molecule has 0 saturated heterocycles. The van der Waals surface area contributed by atoms with Gasteiger partial charge in [0.2, 0.25) is 0 Å². The van der Waals surface area contributed by atoms with Gasteiger partial charge < -0.3 is 5.32 Å². The SMILES string of the molecule is CCNC(CC1CCC1)c1scc(C)c1Cl. The van der Waals surface area contributed by atoms with Crippen LogP contribution in [-0.4, -0.2) is 6.54 Å². The molecule has 0 amide bonds. The van der Waals surface area contributed by atoms with E-state index < -0.39 is 0 Å². The van der Waals surface area contributed by atoms with Crippen molar-refractivity contribution >= 4 is 22.9 Å². The molecule has 1 unspecified atom stereocenters. The van der Waals surface area contributed by atoms with Gasteiger partial charge in [-0.2, -0.15) is 0 Å². The smallest absolute Gasteiger partial charge is 0.0590 e. The summed E-state index contributed by atoms with van der Waals surface area (Å²) >= 11 is 8.16. The van der Waals surface area contributed by atoms with Gasteiger partial charge in [0.15, 0.2) is 0 Å². The van der Waals surface area contributed by atoms with Crippen LogP contribution in [-0.2, 0) is 0 Å². The van der Waals surface area contributed by atoms with Crippen LogP contribution in [0.1, 0.15) is 49.1 Å². The van der Waals surface area contributed by atoms with Crippen LogP contribution in [0.2, 0.25) is 5.02 Å². The van der Waals surface area contributed by atoms with Crippen LogP contribution >= 0.6 is 22.9 Å². The number of hydrogen-bond donors (Lipinski definition) is 1. The Kier molecular flexibility index (Phi) is 4.28. The molecule has 1 aromatic heterocycles. The van der Waals surface area contributed by atoms with E-state index in [1.54, 1.807) is 11.3 Å². The number of hydrogen-bond acceptors (Lipinski definition) is 2. The first-order valence-electron chi connectivity index (χ1n) is 6.19. The summed E-state index contributed by atoms with van der Waals surface area (Å²) in [6.07, 6.45) is 5.49. The Morgan fingerprint density at radius 3 is 2.75 bits per heavy atom. The Morgan fingerprint density at radius 1 is 1.56 bits per heavy atom. The van der Waals surface area contributed by atoms with Crippen molar-refractivity contribution < 1.29 is 0 Å². The molecule has 0 aromatic carbocycles. The number of halogens is 1. The lowest BCUT2D eigenvalue weighted by atomic mass is 9.80. The van der Waals surface area contributed by atoms with Gasteiger partial charge in [-0.3, -0.25) is 0 Å². The Hall–Kier alpha value is -0.0500. The highest BCUT2D eigenvalue weighted by atomic mass is 35.5. The van der Waals surface area contributed by atoms with Crippen LogP contribution in [0.5, 0.6) is 0 Å². The molecule has 2 rings (SSSR count). The standard InChI is InChI=1S/C13H20ClNS/c1-3-15-11(7-10-5-4-6-10)13-12(14)9(2)8-16-13/h8,10-11,15H,3-7H2,1-2H3. The molecule has 0 bridgehead atoms. The highest BCUT2D eigenvalue weighted by molar-refractivity contribution is 7.10. The van der Waals surface area contributed by atoms with Crippen molar-refractivity contribution in [3.8, 4) is 0 Å². The molecule has 0 aliphatic heterocycles. The number of nitrogens with one attached hydrogen (secondary N) is 1. The molecular formula is C13H20ClNS. The lowest BCUT2D eigenvalue weighted by Crippen LogP contribution is -2.25. The van der Waals surface area contributed by atoms with Gasteiger partial charge in [0.25, 0.3) is 0 Å². The molecule has 1 atom stereocenters. The fraction of sp³-hybridized carbons (Fsp3) is 0.692. The van der Waals surface area contributed by atoms with Gasteiger partial charge in [-0.25, -0.2) is 0 Å². The zero-order valence-electron chi connectivity index (χ0n) is 10.1. The van der Waals surface area contributed by atoms with Gasteiger partial charge in [0.1, 0.15) is 0 Å². The summed E-state index contributed by atoms with van der Waals surface area (Å²) in [6, 6.07) is 0.474. The highest BCUT2D eigenvalue weighted by Gasteiger charge is 2.25. The van der Waals surface area contributed by atoms with Crippen LogP contribution in [0.25, 0.3) is 0 Å². The first-order valence-corrected chi connectivity index (χ1v) is 7.45. The first-order chi connectivity index (χ1) is 7.72. The van der Waals surface area contributed by atoms with Gasteiger partial charge >= 0.3 is 0 Å². The first kappa shape index (κ1) is 12.4. The second-order valence-electron chi connectivity index (χ2n) is 4.74. The minimum Gasteiger partial charge on any atom is -0.309 e. The molecule has 1 heterocycles. The van der Waals surface area contributed by atoms with Crippen molar-refractivity contribution in [2.45, 2.75) is 45.6 Å². The molecule has 1 fully saturated rings. The van der Waals surface area contributed by atoms with Gasteiger partial charge in [-0.15, -0.1) is 11.3 Å². The minimum absolute atomic E-state index is 0.474. The second kappa shape index (κ2) is 5.52. The van der Waals surface area contributed by atoms with Crippen molar-refractivity contribution in [1.82, 2.24) is 5.32 Å². The Bertz CT molecular complexity index is 344. The van der Waals surface area contributed by atoms with Crippen LogP contribution in [0, 0.1) is 12.8 Å². The van der Waals surface area contributed by atoms with E-state index in [1.807, 2.05) is 0 Å². The summed E-state index contributed by atoms with van der Waals surface area (Å²) in [5.41, 5.74) is 1.22. The zero-order chi connectivity index (χ0) is 11.5. The monoisotopic (exact) mass is 257 g/mol. The van der Waals surface area contributed by atoms with Crippen LogP contribution in [0.3, 0.4) is 0 Å². The van der Waals surface area contributed by atoms with Crippen LogP contribution in [0.4, 0.5) is 0 Å². The van der Waals surface area contributed by atoms with Crippen LogP contribution < -0.4 is 5.32 Å². The lowest BCUT2D eigenvalue weighted by molar-refractivity contribution is 0.264. The maximum absolute atomic E-state index is 6.35. The molecule has 1 aliphatic rings. The molecule has 1 aromatic rings. The van der Waals surface area contributed by atoms with Crippen molar-refractivity contribution in [2.75, 3.05) is 6.54 Å². The fourth-order valence-electron chi connectivity index (χ4n) is 2.28. The molecule has 3 heteroatoms. The number of thiophene rings is 1. The Morgan fingerprint density at radius 2 is 2.31 bits per heavy atom. The van der Waals surface area contributed by atoms with Crippen LogP contribution in [0.15, 0.2) is 5.38 Å². The predicted octanol–water partition coefficient (Wildman–Crippen LogP) is 4.55. The summed E-state index contributed by atoms with van der Waals surface area (Å²) in [4.78, 5) is 1.34.